The summed E-state index contributed by atoms with van der Waals surface area (Å²) in [5.41, 5.74) is 5.87. The number of aryl methyl sites for hydroxylation is 1. The lowest BCUT2D eigenvalue weighted by molar-refractivity contribution is -0.122. The molecule has 5 rings (SSSR count). The molecule has 2 heterocycles. The van der Waals surface area contributed by atoms with Crippen molar-refractivity contribution in [3.8, 4) is 0 Å². The minimum absolute atomic E-state index is 0.159. The van der Waals surface area contributed by atoms with E-state index in [0.717, 1.165) is 22.0 Å². The maximum absolute atomic E-state index is 12.9. The molecule has 192 valence electrons. The van der Waals surface area contributed by atoms with E-state index in [-0.39, 0.29) is 17.3 Å². The first-order valence-corrected chi connectivity index (χ1v) is 14.4. The highest BCUT2D eigenvalue weighted by molar-refractivity contribution is 9.10. The third-order valence-corrected chi connectivity index (χ3v) is 9.11. The van der Waals surface area contributed by atoms with Crippen molar-refractivity contribution in [1.82, 2.24) is 19.2 Å². The van der Waals surface area contributed by atoms with Crippen LogP contribution < -0.4 is 5.43 Å². The zero-order valence-corrected chi connectivity index (χ0v) is 22.9. The summed E-state index contributed by atoms with van der Waals surface area (Å²) in [6.07, 6.45) is 1.65. The number of hydrazone groups is 1. The third kappa shape index (κ3) is 5.33. The molecule has 0 atom stereocenters. The predicted molar refractivity (Wildman–Crippen MR) is 150 cm³/mol. The summed E-state index contributed by atoms with van der Waals surface area (Å²) in [7, 11) is -3.55. The van der Waals surface area contributed by atoms with E-state index in [9.17, 15) is 13.2 Å². The summed E-state index contributed by atoms with van der Waals surface area (Å²) in [4.78, 5) is 14.7. The van der Waals surface area contributed by atoms with E-state index >= 15 is 0 Å². The molecule has 0 saturated carbocycles. The fourth-order valence-electron chi connectivity index (χ4n) is 4.79. The Labute approximate surface area is 224 Å². The van der Waals surface area contributed by atoms with Crippen LogP contribution in [0.3, 0.4) is 0 Å². The fraction of sp³-hybridized carbons (Fsp3) is 0.259. The number of fused-ring (bicyclic) bond motifs is 3. The Morgan fingerprint density at radius 3 is 2.41 bits per heavy atom. The molecule has 1 aliphatic rings. The van der Waals surface area contributed by atoms with Crippen molar-refractivity contribution in [3.05, 3.63) is 76.8 Å². The Balaban J connectivity index is 1.17. The summed E-state index contributed by atoms with van der Waals surface area (Å²) in [6.45, 7) is 4.80. The molecule has 1 aromatic heterocycles. The lowest BCUT2D eigenvalue weighted by Gasteiger charge is -2.33. The topological polar surface area (TPSA) is 87.0 Å². The number of halogens is 1. The van der Waals surface area contributed by atoms with Crippen LogP contribution in [0.4, 0.5) is 0 Å². The van der Waals surface area contributed by atoms with E-state index in [0.29, 0.717) is 26.2 Å². The summed E-state index contributed by atoms with van der Waals surface area (Å²) in [5.74, 6) is -0.232. The third-order valence-electron chi connectivity index (χ3n) is 6.67. The monoisotopic (exact) mass is 581 g/mol. The van der Waals surface area contributed by atoms with E-state index in [4.69, 9.17) is 0 Å². The van der Waals surface area contributed by atoms with E-state index in [1.165, 1.54) is 20.7 Å². The number of aromatic nitrogens is 1. The van der Waals surface area contributed by atoms with Crippen LogP contribution in [0.2, 0.25) is 0 Å². The molecular weight excluding hydrogens is 554 g/mol. The summed E-state index contributed by atoms with van der Waals surface area (Å²) in [5, 5.41) is 6.50. The number of rotatable bonds is 7. The second-order valence-corrected chi connectivity index (χ2v) is 11.8. The molecule has 8 nitrogen and oxygen atoms in total. The molecule has 0 aliphatic carbocycles. The molecule has 1 fully saturated rings. The zero-order chi connectivity index (χ0) is 26.0. The van der Waals surface area contributed by atoms with Gasteiger partial charge in [0.25, 0.3) is 5.91 Å². The van der Waals surface area contributed by atoms with E-state index in [1.807, 2.05) is 23.1 Å². The number of nitrogens with zero attached hydrogens (tertiary/aromatic N) is 4. The van der Waals surface area contributed by atoms with Gasteiger partial charge in [-0.15, -0.1) is 0 Å². The van der Waals surface area contributed by atoms with Gasteiger partial charge in [-0.25, -0.2) is 13.8 Å². The molecule has 3 aromatic carbocycles. The lowest BCUT2D eigenvalue weighted by Crippen LogP contribution is -2.50. The molecule has 37 heavy (non-hydrogen) atoms. The highest BCUT2D eigenvalue weighted by Crippen LogP contribution is 2.29. The Morgan fingerprint density at radius 1 is 0.973 bits per heavy atom. The molecule has 1 saturated heterocycles. The van der Waals surface area contributed by atoms with Gasteiger partial charge in [0.05, 0.1) is 17.7 Å². The number of benzene rings is 3. The van der Waals surface area contributed by atoms with Crippen molar-refractivity contribution in [2.75, 3.05) is 32.7 Å². The first-order chi connectivity index (χ1) is 17.9. The largest absolute Gasteiger partial charge is 0.341 e. The second-order valence-electron chi connectivity index (χ2n) is 8.97. The van der Waals surface area contributed by atoms with Crippen molar-refractivity contribution in [2.45, 2.75) is 18.4 Å². The van der Waals surface area contributed by atoms with Crippen LogP contribution in [-0.4, -0.2) is 67.0 Å². The zero-order valence-electron chi connectivity index (χ0n) is 20.5. The summed E-state index contributed by atoms with van der Waals surface area (Å²) < 4.78 is 30.3. The van der Waals surface area contributed by atoms with Gasteiger partial charge in [-0.2, -0.15) is 9.41 Å². The lowest BCUT2D eigenvalue weighted by atomic mass is 10.1. The fourth-order valence-corrected chi connectivity index (χ4v) is 6.48. The van der Waals surface area contributed by atoms with Crippen LogP contribution in [0.5, 0.6) is 0 Å². The van der Waals surface area contributed by atoms with Crippen molar-refractivity contribution in [2.24, 2.45) is 5.10 Å². The maximum Gasteiger partial charge on any atom is 0.254 e. The van der Waals surface area contributed by atoms with E-state index < -0.39 is 10.0 Å². The molecule has 10 heteroatoms. The SMILES string of the molecule is CCn1c2ccccc2c2cc(/C=N/NC(=O)CN3CCN(S(=O)(=O)c4ccc(Br)cc4)CC3)ccc21. The Bertz CT molecular complexity index is 1570. The Morgan fingerprint density at radius 2 is 1.68 bits per heavy atom. The smallest absolute Gasteiger partial charge is 0.254 e. The molecule has 1 amide bonds. The van der Waals surface area contributed by atoms with Crippen LogP contribution in [0, 0.1) is 0 Å². The highest BCUT2D eigenvalue weighted by atomic mass is 79.9. The van der Waals surface area contributed by atoms with Crippen molar-refractivity contribution >= 4 is 59.9 Å². The Kier molecular flexibility index (Phi) is 7.43. The summed E-state index contributed by atoms with van der Waals surface area (Å²) in [6, 6.07) is 21.1. The molecule has 4 aromatic rings. The molecular formula is C27H28BrN5O3S. The van der Waals surface area contributed by atoms with Gasteiger partial charge >= 0.3 is 0 Å². The summed E-state index contributed by atoms with van der Waals surface area (Å²) >= 11 is 3.33. The minimum Gasteiger partial charge on any atom is -0.341 e. The number of amides is 1. The highest BCUT2D eigenvalue weighted by Gasteiger charge is 2.29. The van der Waals surface area contributed by atoms with Crippen molar-refractivity contribution < 1.29 is 13.2 Å². The number of carbonyl (C=O) groups excluding carboxylic acids is 1. The van der Waals surface area contributed by atoms with Crippen LogP contribution in [-0.2, 0) is 21.4 Å². The number of piperazine rings is 1. The van der Waals surface area contributed by atoms with Crippen LogP contribution >= 0.6 is 15.9 Å². The standard InChI is InChI=1S/C27H28BrN5O3S/c1-2-33-25-6-4-3-5-23(25)24-17-20(7-12-26(24)33)18-29-30-27(34)19-31-13-15-32(16-14-31)37(35,36)22-10-8-21(28)9-11-22/h3-12,17-18H,2,13-16,19H2,1H3,(H,30,34)/b29-18+. The average molecular weight is 583 g/mol. The number of nitrogens with one attached hydrogen (secondary N) is 1. The van der Waals surface area contributed by atoms with Crippen LogP contribution in [0.15, 0.2) is 81.2 Å². The number of para-hydroxylation sites is 1. The normalized spacial score (nSPS) is 15.6. The van der Waals surface area contributed by atoms with Gasteiger partial charge in [-0.3, -0.25) is 9.69 Å². The molecule has 0 unspecified atom stereocenters. The average Bonchev–Trinajstić information content (AvgIpc) is 3.22. The molecule has 0 bridgehead atoms. The van der Waals surface area contributed by atoms with Gasteiger partial charge in [0.1, 0.15) is 0 Å². The number of hydrogen-bond donors (Lipinski definition) is 1. The van der Waals surface area contributed by atoms with Gasteiger partial charge in [-0.05, 0) is 55.0 Å². The molecule has 1 N–H and O–H groups in total. The van der Waals surface area contributed by atoms with Gasteiger partial charge in [-0.1, -0.05) is 40.2 Å². The van der Waals surface area contributed by atoms with Gasteiger partial charge in [0.2, 0.25) is 10.0 Å². The molecule has 1 aliphatic heterocycles. The van der Waals surface area contributed by atoms with Crippen molar-refractivity contribution in [1.29, 1.82) is 0 Å². The van der Waals surface area contributed by atoms with E-state index in [2.05, 4.69) is 62.2 Å². The van der Waals surface area contributed by atoms with Gasteiger partial charge in [0.15, 0.2) is 0 Å². The van der Waals surface area contributed by atoms with Crippen LogP contribution in [0.1, 0.15) is 12.5 Å². The predicted octanol–water partition coefficient (Wildman–Crippen LogP) is 4.03. The quantitative estimate of drug-likeness (QED) is 0.263. The molecule has 0 radical (unpaired) electrons. The molecule has 0 spiro atoms. The second kappa shape index (κ2) is 10.7. The first-order valence-electron chi connectivity index (χ1n) is 12.2. The minimum atomic E-state index is -3.55. The number of sulfonamides is 1. The van der Waals surface area contributed by atoms with Gasteiger partial charge in [0, 0.05) is 59.0 Å². The maximum atomic E-state index is 12.9. The number of carbonyl (C=O) groups is 1. The van der Waals surface area contributed by atoms with E-state index in [1.54, 1.807) is 30.5 Å². The first kappa shape index (κ1) is 25.6. The number of hydrogen-bond acceptors (Lipinski definition) is 5. The van der Waals surface area contributed by atoms with Gasteiger partial charge < -0.3 is 4.57 Å². The Hall–Kier alpha value is -3.05. The van der Waals surface area contributed by atoms with Crippen molar-refractivity contribution in [3.63, 3.8) is 0 Å². The van der Waals surface area contributed by atoms with Crippen LogP contribution in [0.25, 0.3) is 21.8 Å².